The Kier molecular flexibility index (Phi) is 4.12. The van der Waals surface area contributed by atoms with Crippen LogP contribution in [0.25, 0.3) is 11.3 Å². The predicted octanol–water partition coefficient (Wildman–Crippen LogP) is 3.97. The summed E-state index contributed by atoms with van der Waals surface area (Å²) in [6.07, 6.45) is 0.801. The summed E-state index contributed by atoms with van der Waals surface area (Å²) in [5, 5.41) is 14.4. The Morgan fingerprint density at radius 2 is 2.11 bits per heavy atom. The Labute approximate surface area is 120 Å². The van der Waals surface area contributed by atoms with Gasteiger partial charge in [0.2, 0.25) is 0 Å². The minimum Gasteiger partial charge on any atom is -0.477 e. The number of hydrogen-bond donors (Lipinski definition) is 1. The third-order valence-corrected chi connectivity index (χ3v) is 3.19. The highest BCUT2D eigenvalue weighted by atomic mass is 35.5. The van der Waals surface area contributed by atoms with E-state index < -0.39 is 5.97 Å². The highest BCUT2D eigenvalue weighted by molar-refractivity contribution is 6.36. The van der Waals surface area contributed by atoms with Crippen LogP contribution in [0.15, 0.2) is 24.3 Å². The number of carboxylic acids is 1. The number of aromatic nitrogens is 2. The van der Waals surface area contributed by atoms with Gasteiger partial charge in [-0.1, -0.05) is 30.1 Å². The van der Waals surface area contributed by atoms with Crippen molar-refractivity contribution in [2.75, 3.05) is 0 Å². The molecular weight excluding hydrogens is 287 g/mol. The van der Waals surface area contributed by atoms with Crippen molar-refractivity contribution in [2.45, 2.75) is 19.9 Å². The van der Waals surface area contributed by atoms with E-state index in [4.69, 9.17) is 28.3 Å². The summed E-state index contributed by atoms with van der Waals surface area (Å²) in [7, 11) is 0. The maximum atomic E-state index is 11.2. The Morgan fingerprint density at radius 1 is 1.37 bits per heavy atom. The predicted molar refractivity (Wildman–Crippen MR) is 74.9 cm³/mol. The Balaban J connectivity index is 2.50. The molecule has 0 fully saturated rings. The minimum absolute atomic E-state index is 0.155. The van der Waals surface area contributed by atoms with Crippen molar-refractivity contribution >= 4 is 29.2 Å². The smallest absolute Gasteiger partial charge is 0.354 e. The molecule has 1 N–H and O–H groups in total. The first-order valence-electron chi connectivity index (χ1n) is 5.79. The number of carboxylic acid groups (broad SMARTS) is 1. The van der Waals surface area contributed by atoms with Gasteiger partial charge in [0, 0.05) is 17.1 Å². The highest BCUT2D eigenvalue weighted by Crippen LogP contribution is 2.30. The zero-order chi connectivity index (χ0) is 14.0. The van der Waals surface area contributed by atoms with Gasteiger partial charge in [0.1, 0.15) is 5.69 Å². The topological polar surface area (TPSA) is 55.1 Å². The molecule has 0 unspecified atom stereocenters. The fourth-order valence-corrected chi connectivity index (χ4v) is 2.31. The van der Waals surface area contributed by atoms with Crippen molar-refractivity contribution in [3.05, 3.63) is 40.0 Å². The lowest BCUT2D eigenvalue weighted by atomic mass is 10.1. The molecule has 19 heavy (non-hydrogen) atoms. The van der Waals surface area contributed by atoms with E-state index in [2.05, 4.69) is 5.10 Å². The molecule has 0 amide bonds. The van der Waals surface area contributed by atoms with Crippen molar-refractivity contribution in [3.63, 3.8) is 0 Å². The maximum absolute atomic E-state index is 11.2. The lowest BCUT2D eigenvalue weighted by Gasteiger charge is -2.02. The van der Waals surface area contributed by atoms with Crippen LogP contribution in [0.1, 0.15) is 23.8 Å². The molecule has 0 spiro atoms. The second-order valence-electron chi connectivity index (χ2n) is 4.07. The number of halogens is 2. The van der Waals surface area contributed by atoms with Crippen molar-refractivity contribution in [1.82, 2.24) is 9.78 Å². The van der Waals surface area contributed by atoms with Crippen LogP contribution in [-0.4, -0.2) is 20.9 Å². The van der Waals surface area contributed by atoms with E-state index in [1.54, 1.807) is 18.2 Å². The van der Waals surface area contributed by atoms with Gasteiger partial charge in [0.25, 0.3) is 0 Å². The largest absolute Gasteiger partial charge is 0.477 e. The van der Waals surface area contributed by atoms with Gasteiger partial charge in [-0.25, -0.2) is 4.79 Å². The van der Waals surface area contributed by atoms with Gasteiger partial charge in [-0.3, -0.25) is 4.68 Å². The van der Waals surface area contributed by atoms with Gasteiger partial charge in [-0.2, -0.15) is 5.10 Å². The van der Waals surface area contributed by atoms with E-state index in [-0.39, 0.29) is 5.69 Å². The van der Waals surface area contributed by atoms with Crippen LogP contribution >= 0.6 is 23.2 Å². The van der Waals surface area contributed by atoms with E-state index in [1.807, 2.05) is 6.92 Å². The molecule has 1 heterocycles. The number of aromatic carboxylic acids is 1. The zero-order valence-corrected chi connectivity index (χ0v) is 11.7. The lowest BCUT2D eigenvalue weighted by Crippen LogP contribution is -2.09. The Bertz CT molecular complexity index is 623. The molecule has 0 aliphatic rings. The van der Waals surface area contributed by atoms with Gasteiger partial charge in [-0.15, -0.1) is 0 Å². The molecule has 1 aromatic heterocycles. The van der Waals surface area contributed by atoms with Gasteiger partial charge in [0.15, 0.2) is 0 Å². The fraction of sp³-hybridized carbons (Fsp3) is 0.231. The second-order valence-corrected chi connectivity index (χ2v) is 4.91. The Morgan fingerprint density at radius 3 is 2.68 bits per heavy atom. The van der Waals surface area contributed by atoms with E-state index in [0.29, 0.717) is 27.8 Å². The van der Waals surface area contributed by atoms with Crippen molar-refractivity contribution in [3.8, 4) is 11.3 Å². The monoisotopic (exact) mass is 298 g/mol. The van der Waals surface area contributed by atoms with Crippen LogP contribution in [-0.2, 0) is 6.54 Å². The average molecular weight is 299 g/mol. The summed E-state index contributed by atoms with van der Waals surface area (Å²) in [6, 6.07) is 6.56. The van der Waals surface area contributed by atoms with Gasteiger partial charge >= 0.3 is 5.97 Å². The third-order valence-electron chi connectivity index (χ3n) is 2.64. The number of hydrogen-bond acceptors (Lipinski definition) is 2. The SMILES string of the molecule is CCCn1nc(-c2ccc(Cl)cc2Cl)cc1C(=O)O. The van der Waals surface area contributed by atoms with E-state index in [0.717, 1.165) is 6.42 Å². The molecule has 100 valence electrons. The number of benzene rings is 1. The molecule has 6 heteroatoms. The summed E-state index contributed by atoms with van der Waals surface area (Å²) in [4.78, 5) is 11.2. The minimum atomic E-state index is -1.00. The summed E-state index contributed by atoms with van der Waals surface area (Å²) in [6.45, 7) is 2.51. The number of aryl methyl sites for hydroxylation is 1. The van der Waals surface area contributed by atoms with Gasteiger partial charge in [-0.05, 0) is 30.7 Å². The van der Waals surface area contributed by atoms with Crippen LogP contribution in [0.2, 0.25) is 10.0 Å². The van der Waals surface area contributed by atoms with Crippen LogP contribution in [0.4, 0.5) is 0 Å². The molecule has 2 aromatic rings. The molecular formula is C13H12Cl2N2O2. The zero-order valence-electron chi connectivity index (χ0n) is 10.2. The van der Waals surface area contributed by atoms with Crippen molar-refractivity contribution in [2.24, 2.45) is 0 Å². The van der Waals surface area contributed by atoms with Gasteiger partial charge < -0.3 is 5.11 Å². The normalized spacial score (nSPS) is 10.7. The first-order valence-corrected chi connectivity index (χ1v) is 6.55. The summed E-state index contributed by atoms with van der Waals surface area (Å²) >= 11 is 11.9. The standard InChI is InChI=1S/C13H12Cl2N2O2/c1-2-5-17-12(13(18)19)7-11(16-17)9-4-3-8(14)6-10(9)15/h3-4,6-7H,2,5H2,1H3,(H,18,19). The van der Waals surface area contributed by atoms with E-state index in [9.17, 15) is 4.79 Å². The quantitative estimate of drug-likeness (QED) is 0.929. The third kappa shape index (κ3) is 2.91. The molecule has 4 nitrogen and oxygen atoms in total. The summed E-state index contributed by atoms with van der Waals surface area (Å²) in [5.41, 5.74) is 1.36. The summed E-state index contributed by atoms with van der Waals surface area (Å²) in [5.74, 6) is -1.00. The van der Waals surface area contributed by atoms with Crippen LogP contribution in [0.5, 0.6) is 0 Å². The maximum Gasteiger partial charge on any atom is 0.354 e. The Hall–Kier alpha value is -1.52. The van der Waals surface area contributed by atoms with Gasteiger partial charge in [0.05, 0.1) is 10.7 Å². The number of carbonyl (C=O) groups is 1. The average Bonchev–Trinajstić information content (AvgIpc) is 2.73. The fourth-order valence-electron chi connectivity index (χ4n) is 1.80. The molecule has 2 rings (SSSR count). The number of nitrogens with zero attached hydrogens (tertiary/aromatic N) is 2. The van der Waals surface area contributed by atoms with Crippen molar-refractivity contribution < 1.29 is 9.90 Å². The molecule has 0 saturated carbocycles. The molecule has 0 aliphatic carbocycles. The highest BCUT2D eigenvalue weighted by Gasteiger charge is 2.16. The first-order chi connectivity index (χ1) is 9.02. The second kappa shape index (κ2) is 5.63. The molecule has 0 radical (unpaired) electrons. The van der Waals surface area contributed by atoms with Crippen LogP contribution < -0.4 is 0 Å². The molecule has 0 atom stereocenters. The van der Waals surface area contributed by atoms with Crippen LogP contribution in [0.3, 0.4) is 0 Å². The summed E-state index contributed by atoms with van der Waals surface area (Å²) < 4.78 is 1.47. The van der Waals surface area contributed by atoms with Crippen LogP contribution in [0, 0.1) is 0 Å². The molecule has 1 aromatic carbocycles. The molecule has 0 aliphatic heterocycles. The first kappa shape index (κ1) is 13.9. The molecule has 0 bridgehead atoms. The number of rotatable bonds is 4. The lowest BCUT2D eigenvalue weighted by molar-refractivity contribution is 0.0683. The van der Waals surface area contributed by atoms with E-state index >= 15 is 0 Å². The van der Waals surface area contributed by atoms with E-state index in [1.165, 1.54) is 10.7 Å². The van der Waals surface area contributed by atoms with Crippen molar-refractivity contribution in [1.29, 1.82) is 0 Å². The molecule has 0 saturated heterocycles.